The SMILES string of the molecule is CCOC(=O)/C(C)=C\[C@@H](C)[C@H](O[Si](C(C)C)(C(C)C)C(C)C)[C@H](C)COCc1ccccc1. The Hall–Kier alpha value is -1.43. The van der Waals surface area contributed by atoms with E-state index in [1.54, 1.807) is 0 Å². The summed E-state index contributed by atoms with van der Waals surface area (Å²) in [6, 6.07) is 10.3. The van der Waals surface area contributed by atoms with Crippen LogP contribution in [0.4, 0.5) is 0 Å². The van der Waals surface area contributed by atoms with Gasteiger partial charge in [-0.05, 0) is 36.0 Å². The Balaban J connectivity index is 3.17. The maximum atomic E-state index is 12.3. The minimum absolute atomic E-state index is 0.0379. The van der Waals surface area contributed by atoms with Crippen LogP contribution in [-0.4, -0.2) is 33.6 Å². The minimum Gasteiger partial charge on any atom is -0.463 e. The van der Waals surface area contributed by atoms with Gasteiger partial charge in [0.15, 0.2) is 0 Å². The van der Waals surface area contributed by atoms with Gasteiger partial charge in [0.2, 0.25) is 8.32 Å². The highest BCUT2D eigenvalue weighted by Crippen LogP contribution is 2.44. The number of benzene rings is 1. The molecular weight excluding hydrogens is 428 g/mol. The van der Waals surface area contributed by atoms with Crippen LogP contribution in [0.1, 0.15) is 74.8 Å². The van der Waals surface area contributed by atoms with E-state index in [1.165, 1.54) is 5.56 Å². The molecule has 0 saturated heterocycles. The molecule has 5 heteroatoms. The standard InChI is InChI=1S/C28H48O4Si/c1-11-31-28(29)24(9)17-23(8)27(32-33(20(2)3,21(4)5)22(6)7)25(10)18-30-19-26-15-13-12-14-16-26/h12-17,20-23,25,27H,11,18-19H2,1-10H3/b24-17-/t23-,25-,27+/m1/s1. The zero-order valence-corrected chi connectivity index (χ0v) is 23.7. The van der Waals surface area contributed by atoms with Gasteiger partial charge in [-0.1, -0.05) is 91.8 Å². The Morgan fingerprint density at radius 1 is 0.939 bits per heavy atom. The zero-order valence-electron chi connectivity index (χ0n) is 22.7. The second kappa shape index (κ2) is 14.1. The fourth-order valence-corrected chi connectivity index (χ4v) is 11.0. The minimum atomic E-state index is -2.11. The van der Waals surface area contributed by atoms with Gasteiger partial charge in [-0.15, -0.1) is 0 Å². The molecule has 3 atom stereocenters. The summed E-state index contributed by atoms with van der Waals surface area (Å²) in [5.41, 5.74) is 3.27. The van der Waals surface area contributed by atoms with Crippen LogP contribution in [-0.2, 0) is 25.3 Å². The first-order valence-electron chi connectivity index (χ1n) is 12.6. The monoisotopic (exact) mass is 476 g/mol. The first kappa shape index (κ1) is 29.6. The Morgan fingerprint density at radius 3 is 1.97 bits per heavy atom. The van der Waals surface area contributed by atoms with Crippen molar-refractivity contribution in [3.63, 3.8) is 0 Å². The van der Waals surface area contributed by atoms with Crippen molar-refractivity contribution in [2.45, 2.75) is 98.6 Å². The van der Waals surface area contributed by atoms with Crippen molar-refractivity contribution < 1.29 is 18.7 Å². The zero-order chi connectivity index (χ0) is 25.2. The molecule has 0 N–H and O–H groups in total. The molecule has 0 spiro atoms. The maximum Gasteiger partial charge on any atom is 0.333 e. The fraction of sp³-hybridized carbons (Fsp3) is 0.679. The molecule has 0 radical (unpaired) electrons. The normalized spacial score (nSPS) is 15.7. The highest BCUT2D eigenvalue weighted by Gasteiger charge is 2.47. The molecule has 1 rings (SSSR count). The van der Waals surface area contributed by atoms with E-state index < -0.39 is 8.32 Å². The van der Waals surface area contributed by atoms with E-state index >= 15 is 0 Å². The molecule has 4 nitrogen and oxygen atoms in total. The number of ether oxygens (including phenoxy) is 2. The van der Waals surface area contributed by atoms with E-state index in [2.05, 4.69) is 67.5 Å². The average molecular weight is 477 g/mol. The molecule has 1 aromatic carbocycles. The number of carbonyl (C=O) groups excluding carboxylic acids is 1. The van der Waals surface area contributed by atoms with E-state index in [9.17, 15) is 4.79 Å². The Morgan fingerprint density at radius 2 is 1.48 bits per heavy atom. The Kier molecular flexibility index (Phi) is 12.6. The van der Waals surface area contributed by atoms with Crippen molar-refractivity contribution in [3.05, 3.63) is 47.5 Å². The summed E-state index contributed by atoms with van der Waals surface area (Å²) in [7, 11) is -2.11. The molecule has 0 amide bonds. The van der Waals surface area contributed by atoms with Crippen LogP contribution in [0.5, 0.6) is 0 Å². The lowest BCUT2D eigenvalue weighted by molar-refractivity contribution is -0.138. The van der Waals surface area contributed by atoms with Gasteiger partial charge in [0, 0.05) is 17.4 Å². The average Bonchev–Trinajstić information content (AvgIpc) is 2.74. The number of hydrogen-bond donors (Lipinski definition) is 0. The van der Waals surface area contributed by atoms with Crippen LogP contribution in [0.25, 0.3) is 0 Å². The van der Waals surface area contributed by atoms with E-state index in [-0.39, 0.29) is 23.9 Å². The van der Waals surface area contributed by atoms with Crippen molar-refractivity contribution in [3.8, 4) is 0 Å². The van der Waals surface area contributed by atoms with E-state index in [1.807, 2.05) is 38.1 Å². The van der Waals surface area contributed by atoms with Gasteiger partial charge in [0.25, 0.3) is 0 Å². The van der Waals surface area contributed by atoms with Gasteiger partial charge in [0.05, 0.1) is 25.9 Å². The predicted molar refractivity (Wildman–Crippen MR) is 141 cm³/mol. The molecule has 0 fully saturated rings. The molecule has 1 aromatic rings. The molecule has 0 aliphatic heterocycles. The lowest BCUT2D eigenvalue weighted by Gasteiger charge is -2.47. The first-order valence-corrected chi connectivity index (χ1v) is 14.8. The third-order valence-corrected chi connectivity index (χ3v) is 12.8. The lowest BCUT2D eigenvalue weighted by atomic mass is 9.92. The van der Waals surface area contributed by atoms with Gasteiger partial charge in [-0.3, -0.25) is 0 Å². The maximum absolute atomic E-state index is 12.3. The summed E-state index contributed by atoms with van der Waals surface area (Å²) in [6.07, 6.45) is 1.99. The molecule has 0 heterocycles. The second-order valence-electron chi connectivity index (χ2n) is 10.3. The molecule has 0 saturated carbocycles. The lowest BCUT2D eigenvalue weighted by Crippen LogP contribution is -2.52. The van der Waals surface area contributed by atoms with E-state index in [0.29, 0.717) is 42.0 Å². The van der Waals surface area contributed by atoms with E-state index in [0.717, 1.165) is 0 Å². The topological polar surface area (TPSA) is 44.8 Å². The first-order chi connectivity index (χ1) is 15.5. The number of carbonyl (C=O) groups is 1. The summed E-state index contributed by atoms with van der Waals surface area (Å²) in [5, 5.41) is 0. The molecule has 0 aliphatic carbocycles. The Labute approximate surface area is 204 Å². The molecule has 33 heavy (non-hydrogen) atoms. The molecule has 188 valence electrons. The summed E-state index contributed by atoms with van der Waals surface area (Å²) in [6.45, 7) is 23.5. The third-order valence-electron chi connectivity index (χ3n) is 6.73. The Bertz CT molecular complexity index is 705. The highest BCUT2D eigenvalue weighted by atomic mass is 28.4. The van der Waals surface area contributed by atoms with Gasteiger partial charge < -0.3 is 13.9 Å². The third kappa shape index (κ3) is 8.38. The number of rotatable bonds is 14. The molecular formula is C28H48O4Si. The van der Waals surface area contributed by atoms with Gasteiger partial charge >= 0.3 is 5.97 Å². The molecule has 0 unspecified atom stereocenters. The quantitative estimate of drug-likeness (QED) is 0.158. The predicted octanol–water partition coefficient (Wildman–Crippen LogP) is 7.55. The van der Waals surface area contributed by atoms with E-state index in [4.69, 9.17) is 13.9 Å². The number of hydrogen-bond acceptors (Lipinski definition) is 4. The van der Waals surface area contributed by atoms with Crippen LogP contribution in [0.2, 0.25) is 16.6 Å². The van der Waals surface area contributed by atoms with Crippen LogP contribution in [0.3, 0.4) is 0 Å². The fourth-order valence-electron chi connectivity index (χ4n) is 5.22. The molecule has 0 aromatic heterocycles. The van der Waals surface area contributed by atoms with Crippen LogP contribution < -0.4 is 0 Å². The van der Waals surface area contributed by atoms with Gasteiger partial charge in [-0.2, -0.15) is 0 Å². The molecule has 0 bridgehead atoms. The van der Waals surface area contributed by atoms with Crippen LogP contribution in [0, 0.1) is 11.8 Å². The smallest absolute Gasteiger partial charge is 0.333 e. The van der Waals surface area contributed by atoms with Crippen molar-refractivity contribution in [1.82, 2.24) is 0 Å². The van der Waals surface area contributed by atoms with Crippen molar-refractivity contribution in [2.24, 2.45) is 11.8 Å². The van der Waals surface area contributed by atoms with Gasteiger partial charge in [-0.25, -0.2) is 4.79 Å². The van der Waals surface area contributed by atoms with Crippen LogP contribution >= 0.6 is 0 Å². The second-order valence-corrected chi connectivity index (χ2v) is 15.7. The largest absolute Gasteiger partial charge is 0.463 e. The van der Waals surface area contributed by atoms with Gasteiger partial charge in [0.1, 0.15) is 0 Å². The van der Waals surface area contributed by atoms with Crippen molar-refractivity contribution >= 4 is 14.3 Å². The number of esters is 1. The molecule has 0 aliphatic rings. The summed E-state index contributed by atoms with van der Waals surface area (Å²) in [5.74, 6) is -0.0119. The summed E-state index contributed by atoms with van der Waals surface area (Å²) < 4.78 is 18.6. The highest BCUT2D eigenvalue weighted by molar-refractivity contribution is 6.77. The van der Waals surface area contributed by atoms with Crippen molar-refractivity contribution in [2.75, 3.05) is 13.2 Å². The summed E-state index contributed by atoms with van der Waals surface area (Å²) in [4.78, 5) is 12.3. The van der Waals surface area contributed by atoms with Crippen LogP contribution in [0.15, 0.2) is 42.0 Å². The van der Waals surface area contributed by atoms with Crippen molar-refractivity contribution in [1.29, 1.82) is 0 Å². The summed E-state index contributed by atoms with van der Waals surface area (Å²) >= 11 is 0.